The lowest BCUT2D eigenvalue weighted by Gasteiger charge is -2.21. The Morgan fingerprint density at radius 1 is 1.56 bits per heavy atom. The second kappa shape index (κ2) is 6.29. The van der Waals surface area contributed by atoms with Crippen LogP contribution in [0, 0.1) is 12.8 Å². The van der Waals surface area contributed by atoms with Crippen LogP contribution in [0.1, 0.15) is 22.8 Å². The molecular weight excluding hydrogens is 312 g/mol. The maximum atomic E-state index is 12.2. The Hall–Kier alpha value is -0.940. The highest BCUT2D eigenvalue weighted by molar-refractivity contribution is 9.10. The number of thiocarbonyl (C=S) groups is 1. The largest absolute Gasteiger partial charge is 0.393 e. The van der Waals surface area contributed by atoms with Crippen molar-refractivity contribution >= 4 is 39.0 Å². The van der Waals surface area contributed by atoms with Gasteiger partial charge in [-0.2, -0.15) is 0 Å². The van der Waals surface area contributed by atoms with Gasteiger partial charge in [-0.1, -0.05) is 35.1 Å². The summed E-state index contributed by atoms with van der Waals surface area (Å²) in [7, 11) is 1.76. The smallest absolute Gasteiger partial charge is 0.253 e. The lowest BCUT2D eigenvalue weighted by Crippen LogP contribution is -2.35. The summed E-state index contributed by atoms with van der Waals surface area (Å²) in [6, 6.07) is 5.56. The summed E-state index contributed by atoms with van der Waals surface area (Å²) in [5.41, 5.74) is 7.27. The van der Waals surface area contributed by atoms with Crippen molar-refractivity contribution in [3.8, 4) is 0 Å². The minimum atomic E-state index is -0.0197. The SMILES string of the molecule is Cc1cc(C(=O)N(C)CC(C)C(N)=S)ccc1Br. The van der Waals surface area contributed by atoms with E-state index < -0.39 is 0 Å². The first-order valence-electron chi connectivity index (χ1n) is 5.64. The normalized spacial score (nSPS) is 12.0. The molecule has 0 bridgehead atoms. The molecule has 1 rings (SSSR count). The van der Waals surface area contributed by atoms with Gasteiger partial charge in [0.2, 0.25) is 0 Å². The number of halogens is 1. The highest BCUT2D eigenvalue weighted by Gasteiger charge is 2.16. The van der Waals surface area contributed by atoms with Gasteiger partial charge in [0, 0.05) is 29.5 Å². The highest BCUT2D eigenvalue weighted by Crippen LogP contribution is 2.18. The van der Waals surface area contributed by atoms with Gasteiger partial charge >= 0.3 is 0 Å². The van der Waals surface area contributed by atoms with Gasteiger partial charge in [0.25, 0.3) is 5.91 Å². The lowest BCUT2D eigenvalue weighted by atomic mass is 10.1. The Morgan fingerprint density at radius 2 is 2.17 bits per heavy atom. The summed E-state index contributed by atoms with van der Waals surface area (Å²) in [6.07, 6.45) is 0. The Morgan fingerprint density at radius 3 is 2.67 bits per heavy atom. The fraction of sp³-hybridized carbons (Fsp3) is 0.385. The van der Waals surface area contributed by atoms with Crippen molar-refractivity contribution in [2.45, 2.75) is 13.8 Å². The molecule has 0 spiro atoms. The van der Waals surface area contributed by atoms with Gasteiger partial charge in [-0.3, -0.25) is 4.79 Å². The Bertz CT molecular complexity index is 476. The van der Waals surface area contributed by atoms with E-state index in [0.717, 1.165) is 10.0 Å². The molecule has 0 aromatic heterocycles. The van der Waals surface area contributed by atoms with Gasteiger partial charge < -0.3 is 10.6 Å². The number of carbonyl (C=O) groups is 1. The molecule has 1 atom stereocenters. The van der Waals surface area contributed by atoms with Crippen LogP contribution in [0.3, 0.4) is 0 Å². The standard InChI is InChI=1S/C13H17BrN2OS/c1-8-6-10(4-5-11(8)14)13(17)16(3)7-9(2)12(15)18/h4-6,9H,7H2,1-3H3,(H2,15,18). The molecule has 0 aliphatic heterocycles. The van der Waals surface area contributed by atoms with Crippen LogP contribution in [0.2, 0.25) is 0 Å². The fourth-order valence-electron chi connectivity index (χ4n) is 1.58. The molecule has 2 N–H and O–H groups in total. The second-order valence-corrected chi connectivity index (χ2v) is 5.78. The van der Waals surface area contributed by atoms with Crippen molar-refractivity contribution in [2.75, 3.05) is 13.6 Å². The average molecular weight is 329 g/mol. The van der Waals surface area contributed by atoms with Crippen LogP contribution in [0.25, 0.3) is 0 Å². The van der Waals surface area contributed by atoms with Crippen molar-refractivity contribution in [3.63, 3.8) is 0 Å². The summed E-state index contributed by atoms with van der Waals surface area (Å²) in [6.45, 7) is 4.40. The molecule has 1 unspecified atom stereocenters. The number of rotatable bonds is 4. The average Bonchev–Trinajstić information content (AvgIpc) is 2.31. The number of hydrogen-bond acceptors (Lipinski definition) is 2. The van der Waals surface area contributed by atoms with Crippen LogP contribution in [0.15, 0.2) is 22.7 Å². The quantitative estimate of drug-likeness (QED) is 0.864. The van der Waals surface area contributed by atoms with E-state index in [1.54, 1.807) is 18.0 Å². The van der Waals surface area contributed by atoms with Crippen LogP contribution in [0.4, 0.5) is 0 Å². The number of amides is 1. The van der Waals surface area contributed by atoms with Gasteiger partial charge in [-0.15, -0.1) is 0 Å². The first kappa shape index (κ1) is 15.1. The maximum Gasteiger partial charge on any atom is 0.253 e. The Balaban J connectivity index is 2.80. The van der Waals surface area contributed by atoms with Crippen molar-refractivity contribution < 1.29 is 4.79 Å². The first-order valence-corrected chi connectivity index (χ1v) is 6.84. The Labute approximate surface area is 121 Å². The van der Waals surface area contributed by atoms with Crippen LogP contribution in [0.5, 0.6) is 0 Å². The highest BCUT2D eigenvalue weighted by atomic mass is 79.9. The minimum absolute atomic E-state index is 0.0190. The van der Waals surface area contributed by atoms with Crippen molar-refractivity contribution in [1.82, 2.24) is 4.90 Å². The Kier molecular flexibility index (Phi) is 5.28. The summed E-state index contributed by atoms with van der Waals surface area (Å²) in [4.78, 5) is 14.3. The maximum absolute atomic E-state index is 12.2. The molecule has 0 heterocycles. The van der Waals surface area contributed by atoms with Gasteiger partial charge in [-0.25, -0.2) is 0 Å². The van der Waals surface area contributed by atoms with Crippen molar-refractivity contribution in [3.05, 3.63) is 33.8 Å². The lowest BCUT2D eigenvalue weighted by molar-refractivity contribution is 0.0787. The molecule has 1 aromatic rings. The second-order valence-electron chi connectivity index (χ2n) is 4.45. The molecule has 1 aromatic carbocycles. The number of hydrogen-bond donors (Lipinski definition) is 1. The van der Waals surface area contributed by atoms with Crippen LogP contribution >= 0.6 is 28.1 Å². The molecule has 0 saturated carbocycles. The van der Waals surface area contributed by atoms with Gasteiger partial charge in [0.1, 0.15) is 0 Å². The van der Waals surface area contributed by atoms with Crippen molar-refractivity contribution in [2.24, 2.45) is 11.7 Å². The van der Waals surface area contributed by atoms with E-state index in [1.807, 2.05) is 26.0 Å². The molecule has 18 heavy (non-hydrogen) atoms. The number of aryl methyl sites for hydroxylation is 1. The number of nitrogens with two attached hydrogens (primary N) is 1. The third-order valence-electron chi connectivity index (χ3n) is 2.79. The van der Waals surface area contributed by atoms with E-state index in [1.165, 1.54) is 0 Å². The van der Waals surface area contributed by atoms with Gasteiger partial charge in [0.15, 0.2) is 0 Å². The van der Waals surface area contributed by atoms with Crippen LogP contribution in [-0.4, -0.2) is 29.4 Å². The van der Waals surface area contributed by atoms with Crippen LogP contribution < -0.4 is 5.73 Å². The molecule has 3 nitrogen and oxygen atoms in total. The fourth-order valence-corrected chi connectivity index (χ4v) is 1.90. The summed E-state index contributed by atoms with van der Waals surface area (Å²) >= 11 is 8.33. The van der Waals surface area contributed by atoms with Crippen molar-refractivity contribution in [1.29, 1.82) is 0 Å². The number of benzene rings is 1. The number of nitrogens with zero attached hydrogens (tertiary/aromatic N) is 1. The summed E-state index contributed by atoms with van der Waals surface area (Å²) < 4.78 is 0.998. The third-order valence-corrected chi connectivity index (χ3v) is 4.08. The first-order chi connectivity index (χ1) is 8.32. The molecular formula is C13H17BrN2OS. The monoisotopic (exact) mass is 328 g/mol. The van der Waals surface area contributed by atoms with E-state index >= 15 is 0 Å². The minimum Gasteiger partial charge on any atom is -0.393 e. The van der Waals surface area contributed by atoms with E-state index in [4.69, 9.17) is 18.0 Å². The predicted octanol–water partition coefficient (Wildman–Crippen LogP) is 2.75. The number of carbonyl (C=O) groups excluding carboxylic acids is 1. The zero-order valence-corrected chi connectivity index (χ0v) is 13.1. The molecule has 0 aliphatic carbocycles. The molecule has 0 saturated heterocycles. The van der Waals surface area contributed by atoms with Crippen LogP contribution in [-0.2, 0) is 0 Å². The molecule has 5 heteroatoms. The van der Waals surface area contributed by atoms with Gasteiger partial charge in [0.05, 0.1) is 4.99 Å². The molecule has 1 amide bonds. The van der Waals surface area contributed by atoms with E-state index in [0.29, 0.717) is 17.1 Å². The molecule has 0 fully saturated rings. The predicted molar refractivity (Wildman–Crippen MR) is 81.8 cm³/mol. The molecule has 0 radical (unpaired) electrons. The third kappa shape index (κ3) is 3.78. The summed E-state index contributed by atoms with van der Waals surface area (Å²) in [5.74, 6) is -0.000745. The van der Waals surface area contributed by atoms with E-state index in [-0.39, 0.29) is 11.8 Å². The van der Waals surface area contributed by atoms with E-state index in [9.17, 15) is 4.79 Å². The zero-order chi connectivity index (χ0) is 13.9. The zero-order valence-electron chi connectivity index (χ0n) is 10.7. The molecule has 0 aliphatic rings. The molecule has 98 valence electrons. The van der Waals surface area contributed by atoms with Gasteiger partial charge in [-0.05, 0) is 30.7 Å². The summed E-state index contributed by atoms with van der Waals surface area (Å²) in [5, 5.41) is 0. The topological polar surface area (TPSA) is 46.3 Å². The van der Waals surface area contributed by atoms with E-state index in [2.05, 4.69) is 15.9 Å².